The van der Waals surface area contributed by atoms with Crippen LogP contribution in [-0.2, 0) is 9.53 Å². The molecule has 9 heteroatoms. The molecule has 2 N–H and O–H groups in total. The maximum atomic E-state index is 13.1. The Morgan fingerprint density at radius 2 is 2.30 bits per heavy atom. The molecule has 6 nitrogen and oxygen atoms in total. The Kier molecular flexibility index (Phi) is 4.87. The molecule has 0 unspecified atom stereocenters. The van der Waals surface area contributed by atoms with Gasteiger partial charge in [-0.05, 0) is 25.0 Å². The van der Waals surface area contributed by atoms with E-state index in [-0.39, 0.29) is 23.5 Å². The summed E-state index contributed by atoms with van der Waals surface area (Å²) in [5, 5.41) is 9.75. The molecule has 1 aromatic carbocycles. The maximum absolute atomic E-state index is 13.1. The van der Waals surface area contributed by atoms with E-state index >= 15 is 0 Å². The zero-order valence-corrected chi connectivity index (χ0v) is 12.8. The number of nitrogens with zero attached hydrogens (tertiary/aromatic N) is 2. The van der Waals surface area contributed by atoms with Crippen molar-refractivity contribution >= 4 is 23.4 Å². The minimum Gasteiger partial charge on any atom is -0.370 e. The van der Waals surface area contributed by atoms with Crippen LogP contribution in [0, 0.1) is 11.6 Å². The van der Waals surface area contributed by atoms with E-state index in [9.17, 15) is 13.6 Å². The Bertz CT molecular complexity index is 704. The van der Waals surface area contributed by atoms with Crippen molar-refractivity contribution in [3.05, 3.63) is 35.7 Å². The third-order valence-corrected chi connectivity index (χ3v) is 4.10. The van der Waals surface area contributed by atoms with E-state index in [2.05, 4.69) is 20.5 Å². The van der Waals surface area contributed by atoms with Gasteiger partial charge in [-0.2, -0.15) is 0 Å². The third-order valence-electron chi connectivity index (χ3n) is 3.25. The van der Waals surface area contributed by atoms with Gasteiger partial charge in [0.15, 0.2) is 17.5 Å². The van der Waals surface area contributed by atoms with Crippen LogP contribution in [0.4, 0.5) is 14.5 Å². The molecule has 0 radical (unpaired) electrons. The number of nitrogens with one attached hydrogen (secondary N) is 2. The Labute approximate surface area is 135 Å². The fourth-order valence-corrected chi connectivity index (χ4v) is 2.77. The van der Waals surface area contributed by atoms with Crippen LogP contribution in [0.15, 0.2) is 23.4 Å². The summed E-state index contributed by atoms with van der Waals surface area (Å²) in [4.78, 5) is 16.1. The molecule has 0 saturated carbocycles. The van der Waals surface area contributed by atoms with E-state index in [1.807, 2.05) is 0 Å². The van der Waals surface area contributed by atoms with Gasteiger partial charge >= 0.3 is 0 Å². The largest absolute Gasteiger partial charge is 0.370 e. The first kappa shape index (κ1) is 15.9. The molecule has 1 fully saturated rings. The monoisotopic (exact) mass is 340 g/mol. The van der Waals surface area contributed by atoms with Gasteiger partial charge < -0.3 is 10.1 Å². The number of carbonyl (C=O) groups excluding carboxylic acids is 1. The number of carbonyl (C=O) groups is 1. The zero-order valence-electron chi connectivity index (χ0n) is 12.0. The van der Waals surface area contributed by atoms with E-state index < -0.39 is 11.6 Å². The van der Waals surface area contributed by atoms with Gasteiger partial charge in [-0.15, -0.1) is 5.10 Å². The second-order valence-corrected chi connectivity index (χ2v) is 5.91. The fourth-order valence-electron chi connectivity index (χ4n) is 2.16. The van der Waals surface area contributed by atoms with Crippen LogP contribution in [-0.4, -0.2) is 33.4 Å². The summed E-state index contributed by atoms with van der Waals surface area (Å²) in [6.07, 6.45) is 1.83. The predicted molar refractivity (Wildman–Crippen MR) is 80.0 cm³/mol. The molecule has 122 valence electrons. The number of anilines is 1. The van der Waals surface area contributed by atoms with Crippen molar-refractivity contribution in [3.8, 4) is 0 Å². The maximum Gasteiger partial charge on any atom is 0.234 e. The van der Waals surface area contributed by atoms with Gasteiger partial charge in [0, 0.05) is 18.4 Å². The zero-order chi connectivity index (χ0) is 16.2. The number of thioether (sulfide) groups is 1. The molecule has 0 aliphatic carbocycles. The van der Waals surface area contributed by atoms with Crippen molar-refractivity contribution in [1.82, 2.24) is 15.2 Å². The van der Waals surface area contributed by atoms with Gasteiger partial charge in [0.1, 0.15) is 6.10 Å². The summed E-state index contributed by atoms with van der Waals surface area (Å²) in [6, 6.07) is 3.19. The minimum atomic E-state index is -1.01. The normalized spacial score (nSPS) is 17.4. The number of ether oxygens (including phenoxy) is 1. The van der Waals surface area contributed by atoms with Crippen LogP contribution in [0.2, 0.25) is 0 Å². The molecule has 2 aromatic rings. The molecule has 1 aromatic heterocycles. The van der Waals surface area contributed by atoms with Crippen LogP contribution in [0.5, 0.6) is 0 Å². The molecule has 3 rings (SSSR count). The predicted octanol–water partition coefficient (Wildman–Crippen LogP) is 2.67. The smallest absolute Gasteiger partial charge is 0.234 e. The lowest BCUT2D eigenvalue weighted by molar-refractivity contribution is -0.113. The SMILES string of the molecule is O=C(CSc1n[nH]c([C@@H]2CCCO2)n1)Nc1ccc(F)c(F)c1. The van der Waals surface area contributed by atoms with Crippen molar-refractivity contribution in [2.24, 2.45) is 0 Å². The van der Waals surface area contributed by atoms with Crippen LogP contribution in [0.3, 0.4) is 0 Å². The van der Waals surface area contributed by atoms with Crippen molar-refractivity contribution in [3.63, 3.8) is 0 Å². The molecule has 0 bridgehead atoms. The fraction of sp³-hybridized carbons (Fsp3) is 0.357. The summed E-state index contributed by atoms with van der Waals surface area (Å²) in [5.74, 6) is -1.61. The molecule has 1 saturated heterocycles. The molecule has 1 atom stereocenters. The van der Waals surface area contributed by atoms with E-state index in [0.29, 0.717) is 17.6 Å². The topological polar surface area (TPSA) is 79.9 Å². The average molecular weight is 340 g/mol. The summed E-state index contributed by atoms with van der Waals surface area (Å²) in [7, 11) is 0. The quantitative estimate of drug-likeness (QED) is 0.818. The molecular weight excluding hydrogens is 326 g/mol. The van der Waals surface area contributed by atoms with Crippen molar-refractivity contribution in [2.75, 3.05) is 17.7 Å². The van der Waals surface area contributed by atoms with Crippen LogP contribution >= 0.6 is 11.8 Å². The highest BCUT2D eigenvalue weighted by atomic mass is 32.2. The highest BCUT2D eigenvalue weighted by Gasteiger charge is 2.21. The van der Waals surface area contributed by atoms with Crippen LogP contribution in [0.25, 0.3) is 0 Å². The van der Waals surface area contributed by atoms with Gasteiger partial charge in [-0.3, -0.25) is 9.89 Å². The number of amides is 1. The minimum absolute atomic E-state index is 0.0574. The summed E-state index contributed by atoms with van der Waals surface area (Å²) < 4.78 is 31.4. The van der Waals surface area contributed by atoms with Crippen LogP contribution < -0.4 is 5.32 Å². The number of aromatic nitrogens is 3. The molecule has 1 aliphatic rings. The first-order chi connectivity index (χ1) is 11.1. The second-order valence-electron chi connectivity index (χ2n) is 4.97. The van der Waals surface area contributed by atoms with Crippen molar-refractivity contribution < 1.29 is 18.3 Å². The Hall–Kier alpha value is -2.00. The number of halogens is 2. The van der Waals surface area contributed by atoms with E-state index in [4.69, 9.17) is 4.74 Å². The van der Waals surface area contributed by atoms with Crippen molar-refractivity contribution in [2.45, 2.75) is 24.1 Å². The first-order valence-electron chi connectivity index (χ1n) is 7.03. The summed E-state index contributed by atoms with van der Waals surface area (Å²) in [6.45, 7) is 0.713. The summed E-state index contributed by atoms with van der Waals surface area (Å²) in [5.41, 5.74) is 0.199. The number of aromatic amines is 1. The number of rotatable bonds is 5. The lowest BCUT2D eigenvalue weighted by Gasteiger charge is -2.04. The standard InChI is InChI=1S/C14H14F2N4O2S/c15-9-4-3-8(6-10(9)16)17-12(21)7-23-14-18-13(19-20-14)11-2-1-5-22-11/h3-4,6,11H,1-2,5,7H2,(H,17,21)(H,18,19,20)/t11-/m0/s1. The lowest BCUT2D eigenvalue weighted by Crippen LogP contribution is -2.14. The first-order valence-corrected chi connectivity index (χ1v) is 8.02. The van der Waals surface area contributed by atoms with Gasteiger partial charge in [0.2, 0.25) is 11.1 Å². The van der Waals surface area contributed by atoms with E-state index in [1.165, 1.54) is 6.07 Å². The van der Waals surface area contributed by atoms with E-state index in [1.54, 1.807) is 0 Å². The highest BCUT2D eigenvalue weighted by Crippen LogP contribution is 2.27. The lowest BCUT2D eigenvalue weighted by atomic mass is 10.2. The molecule has 23 heavy (non-hydrogen) atoms. The average Bonchev–Trinajstić information content (AvgIpc) is 3.19. The Morgan fingerprint density at radius 3 is 3.04 bits per heavy atom. The highest BCUT2D eigenvalue weighted by molar-refractivity contribution is 7.99. The molecule has 2 heterocycles. The Balaban J connectivity index is 1.51. The second kappa shape index (κ2) is 7.05. The third kappa shape index (κ3) is 4.05. The number of benzene rings is 1. The van der Waals surface area contributed by atoms with E-state index in [0.717, 1.165) is 36.7 Å². The number of H-pyrrole nitrogens is 1. The van der Waals surface area contributed by atoms with Gasteiger partial charge in [-0.1, -0.05) is 11.8 Å². The number of hydrogen-bond acceptors (Lipinski definition) is 5. The van der Waals surface area contributed by atoms with Crippen molar-refractivity contribution in [1.29, 1.82) is 0 Å². The summed E-state index contributed by atoms with van der Waals surface area (Å²) >= 11 is 1.15. The molecule has 1 aliphatic heterocycles. The molecule has 1 amide bonds. The molecule has 0 spiro atoms. The van der Waals surface area contributed by atoms with Gasteiger partial charge in [-0.25, -0.2) is 13.8 Å². The number of hydrogen-bond donors (Lipinski definition) is 2. The molecular formula is C14H14F2N4O2S. The van der Waals surface area contributed by atoms with Crippen LogP contribution in [0.1, 0.15) is 24.8 Å². The Morgan fingerprint density at radius 1 is 1.43 bits per heavy atom. The van der Waals surface area contributed by atoms with Gasteiger partial charge in [0.25, 0.3) is 0 Å². The van der Waals surface area contributed by atoms with Gasteiger partial charge in [0.05, 0.1) is 5.75 Å².